The van der Waals surface area contributed by atoms with Gasteiger partial charge in [0.1, 0.15) is 6.54 Å². The van der Waals surface area contributed by atoms with Crippen molar-refractivity contribution in [3.05, 3.63) is 107 Å². The molecule has 8 heteroatoms. The van der Waals surface area contributed by atoms with E-state index >= 15 is 0 Å². The Kier molecular flexibility index (Phi) is 8.51. The molecule has 1 aromatic heterocycles. The lowest BCUT2D eigenvalue weighted by atomic mass is 10.1. The fourth-order valence-corrected chi connectivity index (χ4v) is 4.45. The van der Waals surface area contributed by atoms with E-state index in [1.165, 1.54) is 17.0 Å². The number of rotatable bonds is 10. The Morgan fingerprint density at radius 1 is 0.842 bits per heavy atom. The zero-order valence-electron chi connectivity index (χ0n) is 21.2. The monoisotopic (exact) mass is 521 g/mol. The van der Waals surface area contributed by atoms with Gasteiger partial charge in [0.2, 0.25) is 5.91 Å². The zero-order chi connectivity index (χ0) is 27.1. The molecule has 4 rings (SSSR count). The number of H-pyrrole nitrogens is 1. The predicted molar refractivity (Wildman–Crippen MR) is 142 cm³/mol. The third-order valence-corrected chi connectivity index (χ3v) is 6.46. The molecular weight excluding hydrogens is 491 g/mol. The van der Waals surface area contributed by atoms with Crippen LogP contribution in [-0.2, 0) is 23.9 Å². The summed E-state index contributed by atoms with van der Waals surface area (Å²) in [5, 5.41) is 1.06. The minimum absolute atomic E-state index is 0.115. The van der Waals surface area contributed by atoms with Gasteiger partial charge in [0, 0.05) is 42.3 Å². The largest absolute Gasteiger partial charge is 0.416 e. The average Bonchev–Trinajstić information content (AvgIpc) is 3.33. The molecule has 1 heterocycles. The minimum Gasteiger partial charge on any atom is -0.361 e. The summed E-state index contributed by atoms with van der Waals surface area (Å²) in [4.78, 5) is 33.1. The van der Waals surface area contributed by atoms with Crippen molar-refractivity contribution >= 4 is 22.7 Å². The van der Waals surface area contributed by atoms with Crippen LogP contribution in [-0.4, -0.2) is 46.2 Å². The highest BCUT2D eigenvalue weighted by molar-refractivity contribution is 5.96. The van der Waals surface area contributed by atoms with Crippen molar-refractivity contribution in [3.63, 3.8) is 0 Å². The molecule has 0 unspecified atom stereocenters. The number of nitrogens with one attached hydrogen (secondary N) is 1. The number of carbonyl (C=O) groups is 2. The molecule has 0 saturated heterocycles. The van der Waals surface area contributed by atoms with E-state index in [1.54, 1.807) is 29.2 Å². The van der Waals surface area contributed by atoms with Gasteiger partial charge in [-0.1, -0.05) is 55.5 Å². The summed E-state index contributed by atoms with van der Waals surface area (Å²) in [6, 6.07) is 21.5. The molecule has 5 nitrogen and oxygen atoms in total. The van der Waals surface area contributed by atoms with Gasteiger partial charge in [-0.05, 0) is 54.3 Å². The predicted octanol–water partition coefficient (Wildman–Crippen LogP) is 6.31. The molecule has 0 aliphatic rings. The Morgan fingerprint density at radius 2 is 1.53 bits per heavy atom. The highest BCUT2D eigenvalue weighted by Crippen LogP contribution is 2.29. The molecule has 0 bridgehead atoms. The van der Waals surface area contributed by atoms with Crippen LogP contribution >= 0.6 is 0 Å². The van der Waals surface area contributed by atoms with E-state index in [2.05, 4.69) is 4.98 Å². The van der Waals surface area contributed by atoms with Crippen LogP contribution in [0.15, 0.2) is 85.1 Å². The molecule has 0 radical (unpaired) electrons. The molecule has 0 saturated carbocycles. The summed E-state index contributed by atoms with van der Waals surface area (Å²) in [7, 11) is 0. The van der Waals surface area contributed by atoms with Gasteiger partial charge in [0.15, 0.2) is 0 Å². The molecule has 0 aliphatic heterocycles. The van der Waals surface area contributed by atoms with Crippen molar-refractivity contribution in [3.8, 4) is 0 Å². The van der Waals surface area contributed by atoms with E-state index in [1.807, 2.05) is 43.5 Å². The van der Waals surface area contributed by atoms with Crippen LogP contribution < -0.4 is 0 Å². The molecule has 2 amide bonds. The maximum absolute atomic E-state index is 13.6. The molecule has 38 heavy (non-hydrogen) atoms. The first kappa shape index (κ1) is 27.0. The molecule has 4 aromatic rings. The van der Waals surface area contributed by atoms with E-state index < -0.39 is 11.7 Å². The number of fused-ring (bicyclic) bond motifs is 1. The van der Waals surface area contributed by atoms with Gasteiger partial charge in [-0.25, -0.2) is 0 Å². The third kappa shape index (κ3) is 6.62. The molecule has 198 valence electrons. The Morgan fingerprint density at radius 3 is 2.21 bits per heavy atom. The van der Waals surface area contributed by atoms with Gasteiger partial charge in [-0.3, -0.25) is 9.59 Å². The highest BCUT2D eigenvalue weighted by atomic mass is 19.4. The zero-order valence-corrected chi connectivity index (χ0v) is 21.2. The Balaban J connectivity index is 1.55. The standard InChI is InChI=1S/C30H30F3N3O2/c1-2-17-36(29(38)23-8-4-3-5-9-23)21-28(37)35(20-22-12-14-25(15-13-22)30(31,32)33)18-16-24-19-34-27-11-7-6-10-26(24)27/h3-15,19,34H,2,16-18,20-21H2,1H3. The normalized spacial score (nSPS) is 11.5. The Bertz CT molecular complexity index is 1370. The number of benzene rings is 3. The molecular formula is C30H30F3N3O2. The topological polar surface area (TPSA) is 56.4 Å². The lowest BCUT2D eigenvalue weighted by molar-refractivity contribution is -0.137. The number of hydrogen-bond donors (Lipinski definition) is 1. The number of alkyl halides is 3. The van der Waals surface area contributed by atoms with Gasteiger partial charge >= 0.3 is 6.18 Å². The van der Waals surface area contributed by atoms with Crippen LogP contribution in [0, 0.1) is 0 Å². The van der Waals surface area contributed by atoms with Crippen LogP contribution in [0.25, 0.3) is 10.9 Å². The molecule has 0 fully saturated rings. The lowest BCUT2D eigenvalue weighted by Gasteiger charge is -2.28. The van der Waals surface area contributed by atoms with E-state index in [0.717, 1.165) is 28.6 Å². The van der Waals surface area contributed by atoms with E-state index in [4.69, 9.17) is 0 Å². The Labute approximate surface area is 219 Å². The first-order valence-electron chi connectivity index (χ1n) is 12.6. The van der Waals surface area contributed by atoms with Crippen LogP contribution in [0.2, 0.25) is 0 Å². The summed E-state index contributed by atoms with van der Waals surface area (Å²) < 4.78 is 39.1. The minimum atomic E-state index is -4.43. The summed E-state index contributed by atoms with van der Waals surface area (Å²) in [6.07, 6.45) is -1.29. The van der Waals surface area contributed by atoms with E-state index in [0.29, 0.717) is 37.1 Å². The highest BCUT2D eigenvalue weighted by Gasteiger charge is 2.30. The SMILES string of the molecule is CCCN(CC(=O)N(CCc1c[nH]c2ccccc12)Cc1ccc(C(F)(F)F)cc1)C(=O)c1ccccc1. The molecule has 3 aromatic carbocycles. The average molecular weight is 522 g/mol. The number of aromatic amines is 1. The number of hydrogen-bond acceptors (Lipinski definition) is 2. The summed E-state index contributed by atoms with van der Waals surface area (Å²) in [5.74, 6) is -0.491. The maximum atomic E-state index is 13.6. The second kappa shape index (κ2) is 12.0. The number of aromatic nitrogens is 1. The Hall–Kier alpha value is -4.07. The molecule has 0 atom stereocenters. The van der Waals surface area contributed by atoms with Crippen LogP contribution in [0.5, 0.6) is 0 Å². The van der Waals surface area contributed by atoms with E-state index in [-0.39, 0.29) is 24.9 Å². The smallest absolute Gasteiger partial charge is 0.361 e. The number of halogens is 3. The fraction of sp³-hybridized carbons (Fsp3) is 0.267. The number of carbonyl (C=O) groups excluding carboxylic acids is 2. The third-order valence-electron chi connectivity index (χ3n) is 6.46. The lowest BCUT2D eigenvalue weighted by Crippen LogP contribution is -2.43. The van der Waals surface area contributed by atoms with Gasteiger partial charge in [0.25, 0.3) is 5.91 Å². The maximum Gasteiger partial charge on any atom is 0.416 e. The van der Waals surface area contributed by atoms with Crippen molar-refractivity contribution in [2.45, 2.75) is 32.5 Å². The molecule has 0 spiro atoms. The van der Waals surface area contributed by atoms with Crippen molar-refractivity contribution in [2.24, 2.45) is 0 Å². The van der Waals surface area contributed by atoms with Crippen LogP contribution in [0.1, 0.15) is 40.4 Å². The second-order valence-corrected chi connectivity index (χ2v) is 9.21. The van der Waals surface area contributed by atoms with E-state index in [9.17, 15) is 22.8 Å². The first-order valence-corrected chi connectivity index (χ1v) is 12.6. The summed E-state index contributed by atoms with van der Waals surface area (Å²) in [5.41, 5.74) is 2.38. The summed E-state index contributed by atoms with van der Waals surface area (Å²) in [6.45, 7) is 2.72. The molecule has 1 N–H and O–H groups in total. The molecule has 0 aliphatic carbocycles. The first-order chi connectivity index (χ1) is 18.3. The second-order valence-electron chi connectivity index (χ2n) is 9.21. The number of para-hydroxylation sites is 1. The van der Waals surface area contributed by atoms with Crippen LogP contribution in [0.4, 0.5) is 13.2 Å². The number of amides is 2. The quantitative estimate of drug-likeness (QED) is 0.266. The van der Waals surface area contributed by atoms with Gasteiger partial charge in [-0.15, -0.1) is 0 Å². The van der Waals surface area contributed by atoms with Crippen LogP contribution in [0.3, 0.4) is 0 Å². The number of nitrogens with zero attached hydrogens (tertiary/aromatic N) is 2. The van der Waals surface area contributed by atoms with Crippen molar-refractivity contribution < 1.29 is 22.8 Å². The van der Waals surface area contributed by atoms with Gasteiger partial charge < -0.3 is 14.8 Å². The van der Waals surface area contributed by atoms with Crippen molar-refractivity contribution in [1.29, 1.82) is 0 Å². The van der Waals surface area contributed by atoms with Crippen molar-refractivity contribution in [1.82, 2.24) is 14.8 Å². The van der Waals surface area contributed by atoms with Gasteiger partial charge in [0.05, 0.1) is 5.56 Å². The van der Waals surface area contributed by atoms with Gasteiger partial charge in [-0.2, -0.15) is 13.2 Å². The summed E-state index contributed by atoms with van der Waals surface area (Å²) >= 11 is 0. The van der Waals surface area contributed by atoms with Crippen molar-refractivity contribution in [2.75, 3.05) is 19.6 Å². The fourth-order valence-electron chi connectivity index (χ4n) is 4.45.